The van der Waals surface area contributed by atoms with Crippen molar-refractivity contribution < 1.29 is 0 Å². The van der Waals surface area contributed by atoms with Gasteiger partial charge < -0.3 is 5.32 Å². The summed E-state index contributed by atoms with van der Waals surface area (Å²) in [6.45, 7) is 3.96. The summed E-state index contributed by atoms with van der Waals surface area (Å²) in [4.78, 5) is 0. The quantitative estimate of drug-likeness (QED) is 0.520. The summed E-state index contributed by atoms with van der Waals surface area (Å²) < 4.78 is 0. The highest BCUT2D eigenvalue weighted by atomic mass is 14.9. The molecule has 1 saturated heterocycles. The molecule has 0 saturated carbocycles. The Morgan fingerprint density at radius 3 is 2.78 bits per heavy atom. The van der Waals surface area contributed by atoms with Crippen LogP contribution in [-0.2, 0) is 0 Å². The van der Waals surface area contributed by atoms with Crippen LogP contribution in [0.5, 0.6) is 0 Å². The Morgan fingerprint density at radius 2 is 2.44 bits per heavy atom. The molecule has 0 unspecified atom stereocenters. The second-order valence-electron chi connectivity index (χ2n) is 2.95. The Morgan fingerprint density at radius 1 is 1.67 bits per heavy atom. The molecule has 2 nitrogen and oxygen atoms in total. The Bertz CT molecular complexity index is 128. The van der Waals surface area contributed by atoms with Gasteiger partial charge in [0.1, 0.15) is 0 Å². The molecule has 0 bridgehead atoms. The molecule has 1 rings (SSSR count). The highest BCUT2D eigenvalue weighted by Gasteiger charge is 2.25. The van der Waals surface area contributed by atoms with E-state index in [1.165, 1.54) is 0 Å². The Balaban J connectivity index is 2.49. The zero-order valence-electron chi connectivity index (χ0n) is 5.78. The largest absolute Gasteiger partial charge is 0.315 e. The third-order valence-electron chi connectivity index (χ3n) is 1.87. The summed E-state index contributed by atoms with van der Waals surface area (Å²) >= 11 is 0. The van der Waals surface area contributed by atoms with E-state index in [0.29, 0.717) is 0 Å². The number of nitrogens with zero attached hydrogens (tertiary/aromatic N) is 1. The van der Waals surface area contributed by atoms with Gasteiger partial charge in [-0.1, -0.05) is 0 Å². The molecular formula is C7H12N2. The van der Waals surface area contributed by atoms with E-state index in [2.05, 4.69) is 11.4 Å². The third-order valence-corrected chi connectivity index (χ3v) is 1.87. The van der Waals surface area contributed by atoms with Crippen LogP contribution in [-0.4, -0.2) is 13.1 Å². The van der Waals surface area contributed by atoms with Crippen LogP contribution in [0.3, 0.4) is 0 Å². The minimum absolute atomic E-state index is 0.0851. The van der Waals surface area contributed by atoms with Crippen molar-refractivity contribution in [1.29, 1.82) is 5.26 Å². The molecule has 0 aromatic carbocycles. The van der Waals surface area contributed by atoms with Crippen molar-refractivity contribution in [3.05, 3.63) is 0 Å². The molecule has 0 aromatic rings. The van der Waals surface area contributed by atoms with Gasteiger partial charge >= 0.3 is 0 Å². The normalized spacial score (nSPS) is 35.6. The first kappa shape index (κ1) is 6.57. The maximum absolute atomic E-state index is 8.66. The van der Waals surface area contributed by atoms with Crippen LogP contribution in [0.15, 0.2) is 0 Å². The van der Waals surface area contributed by atoms with Crippen LogP contribution in [0, 0.1) is 16.7 Å². The molecule has 0 spiro atoms. The SMILES string of the molecule is C[C@@]1(C#N)CCCNC1. The minimum atomic E-state index is -0.0851. The van der Waals surface area contributed by atoms with Gasteiger partial charge in [-0.2, -0.15) is 5.26 Å². The maximum Gasteiger partial charge on any atom is 0.0700 e. The summed E-state index contributed by atoms with van der Waals surface area (Å²) in [7, 11) is 0. The molecule has 0 aliphatic carbocycles. The van der Waals surface area contributed by atoms with Crippen molar-refractivity contribution in [1.82, 2.24) is 5.32 Å². The van der Waals surface area contributed by atoms with Gasteiger partial charge in [-0.05, 0) is 26.3 Å². The third kappa shape index (κ3) is 1.43. The number of rotatable bonds is 0. The highest BCUT2D eigenvalue weighted by molar-refractivity contribution is 4.98. The summed E-state index contributed by atoms with van der Waals surface area (Å²) in [5.41, 5.74) is -0.0851. The Labute approximate surface area is 55.9 Å². The van der Waals surface area contributed by atoms with Crippen molar-refractivity contribution in [2.24, 2.45) is 5.41 Å². The molecule has 9 heavy (non-hydrogen) atoms. The van der Waals surface area contributed by atoms with E-state index in [-0.39, 0.29) is 5.41 Å². The molecule has 1 heterocycles. The van der Waals surface area contributed by atoms with Crippen molar-refractivity contribution in [2.45, 2.75) is 19.8 Å². The monoisotopic (exact) mass is 124 g/mol. The number of hydrogen-bond donors (Lipinski definition) is 1. The number of hydrogen-bond acceptors (Lipinski definition) is 2. The second kappa shape index (κ2) is 2.36. The van der Waals surface area contributed by atoms with Gasteiger partial charge in [-0.3, -0.25) is 0 Å². The lowest BCUT2D eigenvalue weighted by atomic mass is 9.85. The van der Waals surface area contributed by atoms with Crippen LogP contribution in [0.25, 0.3) is 0 Å². The topological polar surface area (TPSA) is 35.8 Å². The first-order valence-corrected chi connectivity index (χ1v) is 3.39. The van der Waals surface area contributed by atoms with E-state index in [1.54, 1.807) is 0 Å². The predicted octanol–water partition coefficient (Wildman–Crippen LogP) is 0.900. The van der Waals surface area contributed by atoms with Gasteiger partial charge in [0.15, 0.2) is 0 Å². The van der Waals surface area contributed by atoms with E-state index in [9.17, 15) is 0 Å². The van der Waals surface area contributed by atoms with Gasteiger partial charge in [0.2, 0.25) is 0 Å². The standard InChI is InChI=1S/C7H12N2/c1-7(5-8)3-2-4-9-6-7/h9H,2-4,6H2,1H3/t7-/m0/s1. The second-order valence-corrected chi connectivity index (χ2v) is 2.95. The van der Waals surface area contributed by atoms with Crippen LogP contribution in [0.1, 0.15) is 19.8 Å². The smallest absolute Gasteiger partial charge is 0.0700 e. The number of piperidine rings is 1. The molecule has 1 N–H and O–H groups in total. The molecule has 0 aromatic heterocycles. The van der Waals surface area contributed by atoms with Crippen LogP contribution in [0.4, 0.5) is 0 Å². The fourth-order valence-electron chi connectivity index (χ4n) is 1.15. The maximum atomic E-state index is 8.66. The molecular weight excluding hydrogens is 112 g/mol. The van der Waals surface area contributed by atoms with Gasteiger partial charge in [0.25, 0.3) is 0 Å². The van der Waals surface area contributed by atoms with Gasteiger partial charge in [-0.15, -0.1) is 0 Å². The summed E-state index contributed by atoms with van der Waals surface area (Å²) in [5, 5.41) is 11.9. The Hall–Kier alpha value is -0.550. The first-order chi connectivity index (χ1) is 4.27. The van der Waals surface area contributed by atoms with E-state index in [0.717, 1.165) is 25.9 Å². The molecule has 2 heteroatoms. The Kier molecular flexibility index (Phi) is 1.73. The zero-order chi connectivity index (χ0) is 6.74. The molecule has 0 amide bonds. The number of nitrogens with one attached hydrogen (secondary N) is 1. The fourth-order valence-corrected chi connectivity index (χ4v) is 1.15. The molecule has 1 aliphatic heterocycles. The summed E-state index contributed by atoms with van der Waals surface area (Å²) in [5.74, 6) is 0. The molecule has 1 atom stereocenters. The van der Waals surface area contributed by atoms with E-state index in [1.807, 2.05) is 6.92 Å². The molecule has 50 valence electrons. The van der Waals surface area contributed by atoms with Crippen molar-refractivity contribution >= 4 is 0 Å². The van der Waals surface area contributed by atoms with Gasteiger partial charge in [0.05, 0.1) is 11.5 Å². The molecule has 1 fully saturated rings. The average Bonchev–Trinajstić information content (AvgIpc) is 1.90. The van der Waals surface area contributed by atoms with Gasteiger partial charge in [0, 0.05) is 6.54 Å². The predicted molar refractivity (Wildman–Crippen MR) is 35.8 cm³/mol. The van der Waals surface area contributed by atoms with E-state index >= 15 is 0 Å². The lowest BCUT2D eigenvalue weighted by Crippen LogP contribution is -2.36. The van der Waals surface area contributed by atoms with Crippen molar-refractivity contribution in [3.8, 4) is 6.07 Å². The lowest BCUT2D eigenvalue weighted by Gasteiger charge is -2.26. The zero-order valence-corrected chi connectivity index (χ0v) is 5.78. The van der Waals surface area contributed by atoms with E-state index in [4.69, 9.17) is 5.26 Å². The van der Waals surface area contributed by atoms with E-state index < -0.39 is 0 Å². The summed E-state index contributed by atoms with van der Waals surface area (Å²) in [6, 6.07) is 2.32. The highest BCUT2D eigenvalue weighted by Crippen LogP contribution is 2.23. The lowest BCUT2D eigenvalue weighted by molar-refractivity contribution is 0.317. The van der Waals surface area contributed by atoms with Crippen molar-refractivity contribution in [3.63, 3.8) is 0 Å². The van der Waals surface area contributed by atoms with Crippen LogP contribution < -0.4 is 5.32 Å². The van der Waals surface area contributed by atoms with Crippen molar-refractivity contribution in [2.75, 3.05) is 13.1 Å². The van der Waals surface area contributed by atoms with Crippen LogP contribution >= 0.6 is 0 Å². The van der Waals surface area contributed by atoms with Crippen LogP contribution in [0.2, 0.25) is 0 Å². The number of nitriles is 1. The first-order valence-electron chi connectivity index (χ1n) is 3.39. The molecule has 1 aliphatic rings. The van der Waals surface area contributed by atoms with Gasteiger partial charge in [-0.25, -0.2) is 0 Å². The minimum Gasteiger partial charge on any atom is -0.315 e. The summed E-state index contributed by atoms with van der Waals surface area (Å²) in [6.07, 6.45) is 2.20. The average molecular weight is 124 g/mol. The molecule has 0 radical (unpaired) electrons. The fraction of sp³-hybridized carbons (Fsp3) is 0.857.